The highest BCUT2D eigenvalue weighted by atomic mass is 19.1. The van der Waals surface area contributed by atoms with Crippen molar-refractivity contribution in [3.8, 4) is 11.4 Å². The van der Waals surface area contributed by atoms with Crippen LogP contribution in [0, 0.1) is 5.82 Å². The molecule has 0 aromatic carbocycles. The SMILES string of the molecule is Nc1nc(-c2ccc(NCC3(c4ncccc4F)CCC3)nn2)cc(=O)[nH]1. The molecule has 8 nitrogen and oxygen atoms in total. The Morgan fingerprint density at radius 3 is 2.70 bits per heavy atom. The molecule has 1 fully saturated rings. The normalized spacial score (nSPS) is 15.1. The Kier molecular flexibility index (Phi) is 4.27. The molecule has 3 aromatic rings. The summed E-state index contributed by atoms with van der Waals surface area (Å²) in [5.41, 5.74) is 6.15. The van der Waals surface area contributed by atoms with Crippen LogP contribution in [-0.2, 0) is 5.41 Å². The van der Waals surface area contributed by atoms with Gasteiger partial charge in [-0.2, -0.15) is 0 Å². The number of hydrogen-bond donors (Lipinski definition) is 3. The first kappa shape index (κ1) is 17.1. The van der Waals surface area contributed by atoms with Crippen LogP contribution in [-0.4, -0.2) is 31.7 Å². The minimum atomic E-state index is -0.356. The predicted octanol–water partition coefficient (Wildman–Crippen LogP) is 1.88. The smallest absolute Gasteiger partial charge is 0.252 e. The lowest BCUT2D eigenvalue weighted by Crippen LogP contribution is -2.42. The second-order valence-corrected chi connectivity index (χ2v) is 6.64. The standard InChI is InChI=1S/C18H18FN7O/c19-11-3-1-8-21-16(11)18(6-2-7-18)10-22-14-5-4-12(25-26-14)13-9-15(27)24-17(20)23-13/h1,3-5,8-9H,2,6-7,10H2,(H,22,26)(H3,20,23,24,27). The minimum absolute atomic E-state index is 0.0193. The Hall–Kier alpha value is -3.36. The van der Waals surface area contributed by atoms with Crippen LogP contribution in [0.15, 0.2) is 41.3 Å². The lowest BCUT2D eigenvalue weighted by atomic mass is 9.66. The summed E-state index contributed by atoms with van der Waals surface area (Å²) in [5.74, 6) is 0.295. The molecule has 0 saturated heterocycles. The zero-order valence-corrected chi connectivity index (χ0v) is 14.4. The van der Waals surface area contributed by atoms with E-state index in [4.69, 9.17) is 5.73 Å². The fraction of sp³-hybridized carbons (Fsp3) is 0.278. The average Bonchev–Trinajstić information content (AvgIpc) is 2.62. The third-order valence-electron chi connectivity index (χ3n) is 4.87. The van der Waals surface area contributed by atoms with E-state index < -0.39 is 0 Å². The molecule has 1 aliphatic rings. The van der Waals surface area contributed by atoms with E-state index in [1.165, 1.54) is 12.1 Å². The molecule has 27 heavy (non-hydrogen) atoms. The molecule has 3 aromatic heterocycles. The van der Waals surface area contributed by atoms with Gasteiger partial charge < -0.3 is 11.1 Å². The van der Waals surface area contributed by atoms with Crippen LogP contribution in [0.2, 0.25) is 0 Å². The molecule has 0 spiro atoms. The van der Waals surface area contributed by atoms with Gasteiger partial charge in [0.25, 0.3) is 5.56 Å². The number of rotatable bonds is 5. The van der Waals surface area contributed by atoms with E-state index >= 15 is 0 Å². The van der Waals surface area contributed by atoms with Crippen molar-refractivity contribution in [2.45, 2.75) is 24.7 Å². The van der Waals surface area contributed by atoms with Gasteiger partial charge in [-0.05, 0) is 37.1 Å². The van der Waals surface area contributed by atoms with Gasteiger partial charge in [0, 0.05) is 24.2 Å². The van der Waals surface area contributed by atoms with Crippen LogP contribution in [0.25, 0.3) is 11.4 Å². The van der Waals surface area contributed by atoms with Crippen molar-refractivity contribution in [2.24, 2.45) is 0 Å². The number of hydrogen-bond acceptors (Lipinski definition) is 7. The highest BCUT2D eigenvalue weighted by Crippen LogP contribution is 2.43. The molecule has 0 atom stereocenters. The third-order valence-corrected chi connectivity index (χ3v) is 4.87. The lowest BCUT2D eigenvalue weighted by Gasteiger charge is -2.41. The van der Waals surface area contributed by atoms with E-state index in [-0.39, 0.29) is 22.7 Å². The molecule has 0 unspecified atom stereocenters. The minimum Gasteiger partial charge on any atom is -0.369 e. The van der Waals surface area contributed by atoms with Gasteiger partial charge in [0.15, 0.2) is 0 Å². The summed E-state index contributed by atoms with van der Waals surface area (Å²) in [6.45, 7) is 0.519. The Morgan fingerprint density at radius 1 is 1.22 bits per heavy atom. The molecule has 0 aliphatic heterocycles. The molecule has 4 N–H and O–H groups in total. The second-order valence-electron chi connectivity index (χ2n) is 6.64. The summed E-state index contributed by atoms with van der Waals surface area (Å²) in [5, 5.41) is 11.4. The largest absolute Gasteiger partial charge is 0.369 e. The van der Waals surface area contributed by atoms with Gasteiger partial charge in [-0.1, -0.05) is 6.42 Å². The van der Waals surface area contributed by atoms with Gasteiger partial charge in [0.1, 0.15) is 17.3 Å². The Morgan fingerprint density at radius 2 is 2.07 bits per heavy atom. The number of nitrogens with two attached hydrogens (primary N) is 1. The Bertz CT molecular complexity index is 1010. The van der Waals surface area contributed by atoms with Crippen LogP contribution < -0.4 is 16.6 Å². The third kappa shape index (κ3) is 3.35. The number of H-pyrrole nitrogens is 1. The molecule has 138 valence electrons. The van der Waals surface area contributed by atoms with Crippen molar-refractivity contribution < 1.29 is 4.39 Å². The fourth-order valence-electron chi connectivity index (χ4n) is 3.31. The number of nitrogen functional groups attached to an aromatic ring is 1. The van der Waals surface area contributed by atoms with Crippen molar-refractivity contribution >= 4 is 11.8 Å². The van der Waals surface area contributed by atoms with Crippen LogP contribution in [0.1, 0.15) is 25.0 Å². The van der Waals surface area contributed by atoms with E-state index in [1.807, 2.05) is 0 Å². The van der Waals surface area contributed by atoms with Crippen molar-refractivity contribution in [3.63, 3.8) is 0 Å². The molecule has 0 amide bonds. The van der Waals surface area contributed by atoms with Crippen LogP contribution >= 0.6 is 0 Å². The predicted molar refractivity (Wildman–Crippen MR) is 98.5 cm³/mol. The maximum absolute atomic E-state index is 14.2. The Labute approximate surface area is 154 Å². The first-order chi connectivity index (χ1) is 13.1. The first-order valence-corrected chi connectivity index (χ1v) is 8.62. The zero-order chi connectivity index (χ0) is 18.9. The van der Waals surface area contributed by atoms with Gasteiger partial charge in [0.05, 0.1) is 11.4 Å². The van der Waals surface area contributed by atoms with E-state index in [2.05, 4.69) is 30.5 Å². The summed E-state index contributed by atoms with van der Waals surface area (Å²) in [6.07, 6.45) is 4.40. The lowest BCUT2D eigenvalue weighted by molar-refractivity contribution is 0.243. The molecular formula is C18H18FN7O. The van der Waals surface area contributed by atoms with Crippen LogP contribution in [0.3, 0.4) is 0 Å². The summed E-state index contributed by atoms with van der Waals surface area (Å²) in [7, 11) is 0. The van der Waals surface area contributed by atoms with Crippen LogP contribution in [0.4, 0.5) is 16.2 Å². The molecule has 0 bridgehead atoms. The number of anilines is 2. The van der Waals surface area contributed by atoms with Crippen molar-refractivity contribution in [1.29, 1.82) is 0 Å². The van der Waals surface area contributed by atoms with Gasteiger partial charge in [-0.25, -0.2) is 9.37 Å². The molecule has 1 aliphatic carbocycles. The van der Waals surface area contributed by atoms with Gasteiger partial charge in [0.2, 0.25) is 5.95 Å². The molecule has 0 radical (unpaired) electrons. The van der Waals surface area contributed by atoms with Crippen molar-refractivity contribution in [2.75, 3.05) is 17.6 Å². The molecular weight excluding hydrogens is 349 g/mol. The zero-order valence-electron chi connectivity index (χ0n) is 14.4. The summed E-state index contributed by atoms with van der Waals surface area (Å²) in [6, 6.07) is 7.78. The monoisotopic (exact) mass is 367 g/mol. The van der Waals surface area contributed by atoms with Gasteiger partial charge in [-0.15, -0.1) is 10.2 Å². The van der Waals surface area contributed by atoms with E-state index in [9.17, 15) is 9.18 Å². The Balaban J connectivity index is 1.50. The first-order valence-electron chi connectivity index (χ1n) is 8.62. The van der Waals surface area contributed by atoms with E-state index in [1.54, 1.807) is 24.4 Å². The van der Waals surface area contributed by atoms with Crippen molar-refractivity contribution in [1.82, 2.24) is 25.1 Å². The number of aromatic amines is 1. The number of pyridine rings is 1. The highest BCUT2D eigenvalue weighted by molar-refractivity contribution is 5.55. The topological polar surface area (TPSA) is 122 Å². The van der Waals surface area contributed by atoms with Gasteiger partial charge >= 0.3 is 0 Å². The quantitative estimate of drug-likeness (QED) is 0.629. The number of halogens is 1. The van der Waals surface area contributed by atoms with Gasteiger partial charge in [-0.3, -0.25) is 14.8 Å². The molecule has 1 saturated carbocycles. The number of nitrogens with one attached hydrogen (secondary N) is 2. The molecule has 9 heteroatoms. The van der Waals surface area contributed by atoms with Crippen molar-refractivity contribution in [3.05, 3.63) is 58.4 Å². The average molecular weight is 367 g/mol. The van der Waals surface area contributed by atoms with E-state index in [0.29, 0.717) is 29.4 Å². The maximum Gasteiger partial charge on any atom is 0.252 e. The number of aromatic nitrogens is 5. The summed E-state index contributed by atoms with van der Waals surface area (Å²) < 4.78 is 14.2. The summed E-state index contributed by atoms with van der Waals surface area (Å²) >= 11 is 0. The second kappa shape index (κ2) is 6.75. The fourth-order valence-corrected chi connectivity index (χ4v) is 3.31. The maximum atomic E-state index is 14.2. The number of nitrogens with zero attached hydrogens (tertiary/aromatic N) is 4. The summed E-state index contributed by atoms with van der Waals surface area (Å²) in [4.78, 5) is 22.2. The van der Waals surface area contributed by atoms with E-state index in [0.717, 1.165) is 19.3 Å². The molecule has 4 rings (SSSR count). The highest BCUT2D eigenvalue weighted by Gasteiger charge is 2.41. The molecule has 3 heterocycles. The van der Waals surface area contributed by atoms with Crippen LogP contribution in [0.5, 0.6) is 0 Å².